The number of benzene rings is 1. The molecule has 0 radical (unpaired) electrons. The summed E-state index contributed by atoms with van der Waals surface area (Å²) in [4.78, 5) is 48.0. The zero-order valence-corrected chi connectivity index (χ0v) is 25.5. The van der Waals surface area contributed by atoms with Gasteiger partial charge in [-0.3, -0.25) is 29.7 Å². The van der Waals surface area contributed by atoms with Crippen LogP contribution in [0.2, 0.25) is 0 Å². The minimum absolute atomic E-state index is 0.0225. The molecule has 0 unspecified atom stereocenters. The Kier molecular flexibility index (Phi) is 8.40. The van der Waals surface area contributed by atoms with Gasteiger partial charge in [-0.1, -0.05) is 0 Å². The van der Waals surface area contributed by atoms with Gasteiger partial charge in [0.2, 0.25) is 5.91 Å². The van der Waals surface area contributed by atoms with Crippen LogP contribution in [0.4, 0.5) is 29.5 Å². The number of nitrogens with one attached hydrogen (secondary N) is 2. The third-order valence-corrected chi connectivity index (χ3v) is 8.13. The molecule has 0 atom stereocenters. The molecular weight excluding hydrogens is 621 g/mol. The van der Waals surface area contributed by atoms with E-state index < -0.39 is 29.4 Å². The summed E-state index contributed by atoms with van der Waals surface area (Å²) in [7, 11) is 0. The minimum Gasteiger partial charge on any atom is -0.440 e. The van der Waals surface area contributed by atoms with E-state index in [9.17, 15) is 32.7 Å². The number of carbonyl (C=O) groups is 3. The molecule has 4 aromatic rings. The molecule has 3 N–H and O–H groups in total. The van der Waals surface area contributed by atoms with Crippen LogP contribution >= 0.6 is 0 Å². The first-order valence-corrected chi connectivity index (χ1v) is 14.9. The van der Waals surface area contributed by atoms with Gasteiger partial charge in [-0.2, -0.15) is 18.3 Å². The number of anilines is 2. The summed E-state index contributed by atoms with van der Waals surface area (Å²) in [5.74, 6) is -0.0908. The maximum absolute atomic E-state index is 12.9. The second-order valence-electron chi connectivity index (χ2n) is 12.0. The van der Waals surface area contributed by atoms with E-state index in [2.05, 4.69) is 35.7 Å². The third-order valence-electron chi connectivity index (χ3n) is 8.13. The molecule has 0 bridgehead atoms. The molecule has 246 valence electrons. The van der Waals surface area contributed by atoms with Gasteiger partial charge in [0.25, 0.3) is 5.91 Å². The average Bonchev–Trinajstić information content (AvgIpc) is 3.44. The Bertz CT molecular complexity index is 1810. The number of oxazole rings is 1. The van der Waals surface area contributed by atoms with Crippen LogP contribution in [0, 0.1) is 0 Å². The fraction of sp³-hybridized carbons (Fsp3) is 0.387. The fourth-order valence-corrected chi connectivity index (χ4v) is 5.60. The number of imide groups is 1. The molecule has 3 aromatic heterocycles. The molecule has 6 rings (SSSR count). The molecule has 0 saturated carbocycles. The zero-order valence-electron chi connectivity index (χ0n) is 25.5. The first-order chi connectivity index (χ1) is 22.2. The Labute approximate surface area is 266 Å². The van der Waals surface area contributed by atoms with E-state index in [-0.39, 0.29) is 36.0 Å². The number of likely N-dealkylation sites (tertiary alicyclic amines) is 1. The van der Waals surface area contributed by atoms with Crippen LogP contribution in [0.25, 0.3) is 11.1 Å². The van der Waals surface area contributed by atoms with Crippen molar-refractivity contribution in [3.63, 3.8) is 0 Å². The van der Waals surface area contributed by atoms with Crippen LogP contribution in [0.3, 0.4) is 0 Å². The van der Waals surface area contributed by atoms with Crippen molar-refractivity contribution in [2.75, 3.05) is 29.9 Å². The van der Waals surface area contributed by atoms with E-state index >= 15 is 0 Å². The lowest BCUT2D eigenvalue weighted by Gasteiger charge is -2.30. The molecule has 0 aliphatic carbocycles. The second kappa shape index (κ2) is 12.3. The lowest BCUT2D eigenvalue weighted by Crippen LogP contribution is -2.50. The number of nitrogens with zero attached hydrogens (tertiary/aromatic N) is 6. The van der Waals surface area contributed by atoms with Crippen LogP contribution in [-0.2, 0) is 23.1 Å². The molecule has 0 spiro atoms. The van der Waals surface area contributed by atoms with Gasteiger partial charge in [-0.15, -0.1) is 5.10 Å². The first kappa shape index (κ1) is 32.0. The highest BCUT2D eigenvalue weighted by molar-refractivity contribution is 6.06. The van der Waals surface area contributed by atoms with E-state index in [1.807, 2.05) is 6.07 Å². The highest BCUT2D eigenvalue weighted by Gasteiger charge is 2.33. The molecule has 4 amide bonds. The van der Waals surface area contributed by atoms with Crippen LogP contribution < -0.4 is 15.5 Å². The number of halogens is 3. The van der Waals surface area contributed by atoms with Crippen molar-refractivity contribution in [1.29, 1.82) is 0 Å². The van der Waals surface area contributed by atoms with Gasteiger partial charge in [-0.25, -0.2) is 9.78 Å². The molecule has 1 aromatic carbocycles. The van der Waals surface area contributed by atoms with Gasteiger partial charge in [0.1, 0.15) is 11.2 Å². The molecule has 13 nitrogen and oxygen atoms in total. The number of piperidine rings is 1. The minimum atomic E-state index is -4.63. The number of alkyl halides is 3. The van der Waals surface area contributed by atoms with Gasteiger partial charge >= 0.3 is 12.2 Å². The monoisotopic (exact) mass is 652 g/mol. The standard InChI is InChI=1S/C31H31F3N8O5/c1-30(2,46)20-13-22-23(14-21(20)36-27(44)18-3-5-24(35-15-18)31(32,33)34)47-28(37-22)17-7-10-41(11-8-17)16-19-4-6-25(40-39-19)42-12-9-26(43)38-29(42)45/h3-6,13-15,17,46H,7-12,16H2,1-2H3,(H,36,44)(H,38,43,45). The summed E-state index contributed by atoms with van der Waals surface area (Å²) in [6, 6.07) is 7.95. The number of hydrogen-bond donors (Lipinski definition) is 3. The molecule has 2 saturated heterocycles. The number of hydrogen-bond acceptors (Lipinski definition) is 10. The molecular formula is C31H31F3N8O5. The molecule has 5 heterocycles. The maximum atomic E-state index is 12.9. The third kappa shape index (κ3) is 7.07. The topological polar surface area (TPSA) is 167 Å². The molecule has 2 aliphatic rings. The smallest absolute Gasteiger partial charge is 0.433 e. The normalized spacial score (nSPS) is 16.9. The Morgan fingerprint density at radius 1 is 1.09 bits per heavy atom. The van der Waals surface area contributed by atoms with Gasteiger partial charge in [-0.05, 0) is 70.1 Å². The fourth-order valence-electron chi connectivity index (χ4n) is 5.60. The zero-order chi connectivity index (χ0) is 33.5. The Morgan fingerprint density at radius 2 is 1.85 bits per heavy atom. The SMILES string of the molecule is CC(C)(O)c1cc2nc(C3CCN(Cc4ccc(N5CCC(=O)NC5=O)nn4)CC3)oc2cc1NC(=O)c1ccc(C(F)(F)F)nc1. The van der Waals surface area contributed by atoms with E-state index in [1.165, 1.54) is 4.90 Å². The van der Waals surface area contributed by atoms with Crippen molar-refractivity contribution >= 4 is 40.5 Å². The molecule has 16 heteroatoms. The van der Waals surface area contributed by atoms with Crippen molar-refractivity contribution in [2.24, 2.45) is 0 Å². The highest BCUT2D eigenvalue weighted by Crippen LogP contribution is 2.36. The highest BCUT2D eigenvalue weighted by atomic mass is 19.4. The molecule has 2 fully saturated rings. The number of aliphatic hydroxyl groups is 1. The first-order valence-electron chi connectivity index (χ1n) is 14.9. The Balaban J connectivity index is 1.11. The molecule has 2 aliphatic heterocycles. The average molecular weight is 653 g/mol. The summed E-state index contributed by atoms with van der Waals surface area (Å²) < 4.78 is 44.8. The summed E-state index contributed by atoms with van der Waals surface area (Å²) >= 11 is 0. The second-order valence-corrected chi connectivity index (χ2v) is 12.0. The van der Waals surface area contributed by atoms with Gasteiger partial charge in [0, 0.05) is 43.3 Å². The number of fused-ring (bicyclic) bond motifs is 1. The number of amides is 4. The summed E-state index contributed by atoms with van der Waals surface area (Å²) in [6.07, 6.45) is -2.07. The van der Waals surface area contributed by atoms with Crippen molar-refractivity contribution in [1.82, 2.24) is 30.4 Å². The van der Waals surface area contributed by atoms with E-state index in [0.29, 0.717) is 34.9 Å². The predicted molar refractivity (Wildman–Crippen MR) is 161 cm³/mol. The summed E-state index contributed by atoms with van der Waals surface area (Å²) in [5.41, 5.74) is -0.375. The largest absolute Gasteiger partial charge is 0.440 e. The molecule has 47 heavy (non-hydrogen) atoms. The lowest BCUT2D eigenvalue weighted by molar-refractivity contribution is -0.141. The number of carbonyl (C=O) groups excluding carboxylic acids is 3. The van der Waals surface area contributed by atoms with Crippen molar-refractivity contribution in [3.8, 4) is 0 Å². The maximum Gasteiger partial charge on any atom is 0.433 e. The Hall–Kier alpha value is -4.96. The Morgan fingerprint density at radius 3 is 2.47 bits per heavy atom. The predicted octanol–water partition coefficient (Wildman–Crippen LogP) is 4.34. The van der Waals surface area contributed by atoms with Crippen molar-refractivity contribution in [2.45, 2.75) is 57.3 Å². The summed E-state index contributed by atoms with van der Waals surface area (Å²) in [5, 5.41) is 24.2. The van der Waals surface area contributed by atoms with Gasteiger partial charge < -0.3 is 14.8 Å². The number of rotatable bonds is 7. The van der Waals surface area contributed by atoms with Crippen LogP contribution in [0.1, 0.15) is 72.2 Å². The van der Waals surface area contributed by atoms with E-state index in [1.54, 1.807) is 32.0 Å². The van der Waals surface area contributed by atoms with E-state index in [0.717, 1.165) is 50.0 Å². The lowest BCUT2D eigenvalue weighted by atomic mass is 9.95. The number of aromatic nitrogens is 4. The number of urea groups is 1. The van der Waals surface area contributed by atoms with Crippen molar-refractivity contribution < 1.29 is 37.1 Å². The van der Waals surface area contributed by atoms with Crippen LogP contribution in [0.5, 0.6) is 0 Å². The van der Waals surface area contributed by atoms with Gasteiger partial charge in [0.15, 0.2) is 17.3 Å². The quantitative estimate of drug-likeness (QED) is 0.261. The van der Waals surface area contributed by atoms with E-state index in [4.69, 9.17) is 4.42 Å². The van der Waals surface area contributed by atoms with Crippen molar-refractivity contribution in [3.05, 3.63) is 71.0 Å². The van der Waals surface area contributed by atoms with Crippen LogP contribution in [-0.4, -0.2) is 67.7 Å². The summed E-state index contributed by atoms with van der Waals surface area (Å²) in [6.45, 7) is 5.37. The van der Waals surface area contributed by atoms with Crippen LogP contribution in [0.15, 0.2) is 47.0 Å². The van der Waals surface area contributed by atoms with Gasteiger partial charge in [0.05, 0.1) is 22.5 Å². The number of pyridine rings is 1.